The molecular formula is C21H24N4O. The van der Waals surface area contributed by atoms with Crippen molar-refractivity contribution in [2.45, 2.75) is 13.1 Å². The van der Waals surface area contributed by atoms with Gasteiger partial charge in [-0.15, -0.1) is 0 Å². The van der Waals surface area contributed by atoms with Gasteiger partial charge in [0.05, 0.1) is 25.1 Å². The smallest absolute Gasteiger partial charge is 0.128 e. The molecule has 1 aromatic carbocycles. The van der Waals surface area contributed by atoms with Crippen molar-refractivity contribution in [2.75, 3.05) is 36.5 Å². The highest BCUT2D eigenvalue weighted by Gasteiger charge is 2.11. The summed E-state index contributed by atoms with van der Waals surface area (Å²) in [5.41, 5.74) is 3.61. The number of hydrogen-bond donors (Lipinski definition) is 1. The summed E-state index contributed by atoms with van der Waals surface area (Å²) < 4.78 is 7.60. The van der Waals surface area contributed by atoms with E-state index in [2.05, 4.69) is 74.6 Å². The summed E-state index contributed by atoms with van der Waals surface area (Å²) in [4.78, 5) is 6.84. The van der Waals surface area contributed by atoms with Gasteiger partial charge in [0, 0.05) is 38.6 Å². The van der Waals surface area contributed by atoms with Crippen molar-refractivity contribution in [1.29, 1.82) is 0 Å². The minimum absolute atomic E-state index is 0.779. The molecule has 0 atom stereocenters. The van der Waals surface area contributed by atoms with Crippen molar-refractivity contribution in [3.8, 4) is 0 Å². The molecular weight excluding hydrogens is 324 g/mol. The molecule has 3 aromatic rings. The van der Waals surface area contributed by atoms with Crippen molar-refractivity contribution < 1.29 is 4.74 Å². The normalized spacial score (nSPS) is 14.4. The SMILES string of the molecule is c1ccc(Cn2ccc(CNc3ccc(N4CCOCC4)nc3)c2)cc1. The van der Waals surface area contributed by atoms with Crippen LogP contribution in [0.3, 0.4) is 0 Å². The van der Waals surface area contributed by atoms with Crippen LogP contribution in [0.1, 0.15) is 11.1 Å². The second kappa shape index (κ2) is 8.06. The molecule has 0 radical (unpaired) electrons. The lowest BCUT2D eigenvalue weighted by Crippen LogP contribution is -2.36. The zero-order valence-corrected chi connectivity index (χ0v) is 14.8. The number of hydrogen-bond acceptors (Lipinski definition) is 4. The van der Waals surface area contributed by atoms with Gasteiger partial charge in [0.2, 0.25) is 0 Å². The maximum absolute atomic E-state index is 5.39. The van der Waals surface area contributed by atoms with Gasteiger partial charge in [0.1, 0.15) is 5.82 Å². The molecule has 1 N–H and O–H groups in total. The Labute approximate surface area is 154 Å². The van der Waals surface area contributed by atoms with Crippen LogP contribution in [0.5, 0.6) is 0 Å². The summed E-state index contributed by atoms with van der Waals surface area (Å²) in [5, 5.41) is 3.45. The highest BCUT2D eigenvalue weighted by atomic mass is 16.5. The Hall–Kier alpha value is -2.79. The van der Waals surface area contributed by atoms with E-state index in [0.717, 1.165) is 50.9 Å². The number of anilines is 2. The van der Waals surface area contributed by atoms with Gasteiger partial charge < -0.3 is 19.5 Å². The van der Waals surface area contributed by atoms with E-state index in [0.29, 0.717) is 0 Å². The summed E-state index contributed by atoms with van der Waals surface area (Å²) in [7, 11) is 0. The van der Waals surface area contributed by atoms with Gasteiger partial charge in [-0.2, -0.15) is 0 Å². The maximum atomic E-state index is 5.39. The number of aromatic nitrogens is 2. The van der Waals surface area contributed by atoms with Crippen LogP contribution in [-0.4, -0.2) is 35.9 Å². The Balaban J connectivity index is 1.31. The molecule has 0 aliphatic carbocycles. The first kappa shape index (κ1) is 16.7. The molecule has 1 aliphatic heterocycles. The zero-order valence-electron chi connectivity index (χ0n) is 14.8. The molecule has 0 saturated carbocycles. The van der Waals surface area contributed by atoms with Crippen molar-refractivity contribution in [3.05, 3.63) is 78.2 Å². The van der Waals surface area contributed by atoms with E-state index in [9.17, 15) is 0 Å². The van der Waals surface area contributed by atoms with Gasteiger partial charge in [-0.1, -0.05) is 30.3 Å². The lowest BCUT2D eigenvalue weighted by molar-refractivity contribution is 0.122. The van der Waals surface area contributed by atoms with Crippen LogP contribution in [0.2, 0.25) is 0 Å². The quantitative estimate of drug-likeness (QED) is 0.742. The van der Waals surface area contributed by atoms with E-state index in [1.54, 1.807) is 0 Å². The molecule has 1 fully saturated rings. The van der Waals surface area contributed by atoms with Crippen LogP contribution in [0.4, 0.5) is 11.5 Å². The number of ether oxygens (including phenoxy) is 1. The summed E-state index contributed by atoms with van der Waals surface area (Å²) in [6, 6.07) is 16.8. The van der Waals surface area contributed by atoms with E-state index in [1.165, 1.54) is 11.1 Å². The largest absolute Gasteiger partial charge is 0.380 e. The van der Waals surface area contributed by atoms with Crippen LogP contribution in [0, 0.1) is 0 Å². The molecule has 0 bridgehead atoms. The van der Waals surface area contributed by atoms with Crippen molar-refractivity contribution in [2.24, 2.45) is 0 Å². The molecule has 5 nitrogen and oxygen atoms in total. The third-order valence-corrected chi connectivity index (χ3v) is 4.60. The number of nitrogens with zero attached hydrogens (tertiary/aromatic N) is 3. The molecule has 134 valence electrons. The number of pyridine rings is 1. The van der Waals surface area contributed by atoms with E-state index in [4.69, 9.17) is 4.74 Å². The minimum Gasteiger partial charge on any atom is -0.380 e. The van der Waals surface area contributed by atoms with Crippen LogP contribution < -0.4 is 10.2 Å². The van der Waals surface area contributed by atoms with Crippen molar-refractivity contribution >= 4 is 11.5 Å². The molecule has 4 rings (SSSR count). The Kier molecular flexibility index (Phi) is 5.17. The number of morpholine rings is 1. The lowest BCUT2D eigenvalue weighted by atomic mass is 10.2. The summed E-state index contributed by atoms with van der Waals surface area (Å²) in [6.45, 7) is 5.07. The first-order chi connectivity index (χ1) is 12.9. The highest BCUT2D eigenvalue weighted by molar-refractivity contribution is 5.49. The molecule has 26 heavy (non-hydrogen) atoms. The summed E-state index contributed by atoms with van der Waals surface area (Å²) in [5.74, 6) is 1.02. The average molecular weight is 348 g/mol. The van der Waals surface area contributed by atoms with E-state index >= 15 is 0 Å². The Morgan fingerprint density at radius 2 is 1.81 bits per heavy atom. The van der Waals surface area contributed by atoms with Gasteiger partial charge in [-0.3, -0.25) is 0 Å². The fraction of sp³-hybridized carbons (Fsp3) is 0.286. The third kappa shape index (κ3) is 4.24. The Morgan fingerprint density at radius 1 is 0.962 bits per heavy atom. The molecule has 1 saturated heterocycles. The highest BCUT2D eigenvalue weighted by Crippen LogP contribution is 2.16. The van der Waals surface area contributed by atoms with E-state index < -0.39 is 0 Å². The monoisotopic (exact) mass is 348 g/mol. The fourth-order valence-electron chi connectivity index (χ4n) is 3.16. The van der Waals surface area contributed by atoms with Gasteiger partial charge in [0.25, 0.3) is 0 Å². The first-order valence-corrected chi connectivity index (χ1v) is 9.08. The predicted octanol–water partition coefficient (Wildman–Crippen LogP) is 3.38. The average Bonchev–Trinajstić information content (AvgIpc) is 3.16. The number of benzene rings is 1. The summed E-state index contributed by atoms with van der Waals surface area (Å²) >= 11 is 0. The topological polar surface area (TPSA) is 42.3 Å². The number of rotatable bonds is 6. The lowest BCUT2D eigenvalue weighted by Gasteiger charge is -2.27. The van der Waals surface area contributed by atoms with Gasteiger partial charge >= 0.3 is 0 Å². The standard InChI is InChI=1S/C21H24N4O/c1-2-4-18(5-3-1)16-24-9-8-19(17-24)14-22-20-6-7-21(23-15-20)25-10-12-26-13-11-25/h1-9,15,17,22H,10-14,16H2. The summed E-state index contributed by atoms with van der Waals surface area (Å²) in [6.07, 6.45) is 6.23. The van der Waals surface area contributed by atoms with Gasteiger partial charge in [0.15, 0.2) is 0 Å². The zero-order chi connectivity index (χ0) is 17.6. The van der Waals surface area contributed by atoms with Crippen LogP contribution in [0.15, 0.2) is 67.1 Å². The van der Waals surface area contributed by atoms with Crippen LogP contribution in [0.25, 0.3) is 0 Å². The van der Waals surface area contributed by atoms with E-state index in [-0.39, 0.29) is 0 Å². The molecule has 3 heterocycles. The molecule has 0 spiro atoms. The second-order valence-corrected chi connectivity index (χ2v) is 6.54. The number of nitrogens with one attached hydrogen (secondary N) is 1. The second-order valence-electron chi connectivity index (χ2n) is 6.54. The molecule has 1 aliphatic rings. The maximum Gasteiger partial charge on any atom is 0.128 e. The fourth-order valence-corrected chi connectivity index (χ4v) is 3.16. The van der Waals surface area contributed by atoms with E-state index in [1.807, 2.05) is 12.3 Å². The van der Waals surface area contributed by atoms with Crippen molar-refractivity contribution in [3.63, 3.8) is 0 Å². The molecule has 5 heteroatoms. The first-order valence-electron chi connectivity index (χ1n) is 9.08. The molecule has 0 amide bonds. The third-order valence-electron chi connectivity index (χ3n) is 4.60. The Bertz CT molecular complexity index is 808. The van der Waals surface area contributed by atoms with Gasteiger partial charge in [-0.25, -0.2) is 4.98 Å². The van der Waals surface area contributed by atoms with Crippen LogP contribution in [-0.2, 0) is 17.8 Å². The predicted molar refractivity (Wildman–Crippen MR) is 105 cm³/mol. The molecule has 2 aromatic heterocycles. The van der Waals surface area contributed by atoms with Crippen LogP contribution >= 0.6 is 0 Å². The van der Waals surface area contributed by atoms with Gasteiger partial charge in [-0.05, 0) is 29.3 Å². The van der Waals surface area contributed by atoms with Crippen molar-refractivity contribution in [1.82, 2.24) is 9.55 Å². The molecule has 0 unspecified atom stereocenters. The Morgan fingerprint density at radius 3 is 2.58 bits per heavy atom. The minimum atomic E-state index is 0.779.